The van der Waals surface area contributed by atoms with Gasteiger partial charge in [-0.15, -0.1) is 0 Å². The predicted molar refractivity (Wildman–Crippen MR) is 125 cm³/mol. The van der Waals surface area contributed by atoms with E-state index in [4.69, 9.17) is 9.47 Å². The van der Waals surface area contributed by atoms with Crippen LogP contribution in [0.3, 0.4) is 0 Å². The molecule has 0 aromatic heterocycles. The molecule has 1 aromatic carbocycles. The average Bonchev–Trinajstić information content (AvgIpc) is 2.75. The van der Waals surface area contributed by atoms with Crippen LogP contribution in [0.4, 0.5) is 15.3 Å². The second-order valence-electron chi connectivity index (χ2n) is 8.46. The molecule has 2 aliphatic rings. The van der Waals surface area contributed by atoms with Crippen LogP contribution in [0.5, 0.6) is 0 Å². The van der Waals surface area contributed by atoms with Crippen molar-refractivity contribution < 1.29 is 30.7 Å². The molecule has 0 bridgehead atoms. The molecule has 2 fully saturated rings. The summed E-state index contributed by atoms with van der Waals surface area (Å²) >= 11 is -2.29. The van der Waals surface area contributed by atoms with Crippen molar-refractivity contribution in [3.05, 3.63) is 24.3 Å². The molecule has 3 amide bonds. The van der Waals surface area contributed by atoms with Crippen molar-refractivity contribution in [1.29, 1.82) is 0 Å². The maximum atomic E-state index is 12.1. The van der Waals surface area contributed by atoms with Crippen molar-refractivity contribution in [1.82, 2.24) is 15.5 Å². The lowest BCUT2D eigenvalue weighted by atomic mass is 10.1. The maximum Gasteiger partial charge on any atom is 0.410 e. The van der Waals surface area contributed by atoms with E-state index in [0.29, 0.717) is 31.6 Å². The minimum absolute atomic E-state index is 0. The van der Waals surface area contributed by atoms with E-state index in [1.54, 1.807) is 4.90 Å². The van der Waals surface area contributed by atoms with Crippen molar-refractivity contribution in [2.75, 3.05) is 44.7 Å². The number of anilines is 1. The quantitative estimate of drug-likeness (QED) is 0.575. The van der Waals surface area contributed by atoms with Gasteiger partial charge in [0.15, 0.2) is 0 Å². The molecule has 0 spiro atoms. The van der Waals surface area contributed by atoms with Gasteiger partial charge in [-0.1, -0.05) is 0 Å². The summed E-state index contributed by atoms with van der Waals surface area (Å²) in [5.74, 6) is 0. The fourth-order valence-corrected chi connectivity index (χ4v) is 3.41. The lowest BCUT2D eigenvalue weighted by molar-refractivity contribution is 0.0202. The van der Waals surface area contributed by atoms with Gasteiger partial charge < -0.3 is 34.9 Å². The van der Waals surface area contributed by atoms with Gasteiger partial charge in [-0.3, -0.25) is 4.21 Å². The number of piperidine rings is 1. The molecule has 2 saturated heterocycles. The normalized spacial score (nSPS) is 18.1. The van der Waals surface area contributed by atoms with E-state index in [2.05, 4.69) is 16.0 Å². The van der Waals surface area contributed by atoms with Crippen LogP contribution in [0.2, 0.25) is 0 Å². The van der Waals surface area contributed by atoms with Crippen LogP contribution in [-0.2, 0) is 20.6 Å². The highest BCUT2D eigenvalue weighted by molar-refractivity contribution is 7.79. The third-order valence-electron chi connectivity index (χ3n) is 4.63. The van der Waals surface area contributed by atoms with Crippen molar-refractivity contribution in [3.8, 4) is 0 Å². The predicted octanol–water partition coefficient (Wildman–Crippen LogP) is 2.54. The zero-order chi connectivity index (χ0) is 23.6. The Bertz CT molecular complexity index is 756. The number of nitrogens with zero attached hydrogens (tertiary/aromatic N) is 1. The largest absolute Gasteiger partial charge is 0.768 e. The summed E-state index contributed by atoms with van der Waals surface area (Å²) in [6.07, 6.45) is 0.942. The van der Waals surface area contributed by atoms with E-state index in [1.165, 1.54) is 24.3 Å². The van der Waals surface area contributed by atoms with Crippen molar-refractivity contribution in [3.63, 3.8) is 0 Å². The molecule has 10 nitrogen and oxygen atoms in total. The number of likely N-dealkylation sites (tertiary alicyclic amines) is 1. The molecule has 11 heteroatoms. The van der Waals surface area contributed by atoms with Crippen molar-refractivity contribution >= 4 is 28.9 Å². The summed E-state index contributed by atoms with van der Waals surface area (Å²) in [4.78, 5) is 25.9. The molecule has 32 heavy (non-hydrogen) atoms. The minimum atomic E-state index is -2.29. The number of hydrogen-bond acceptors (Lipinski definition) is 7. The monoisotopic (exact) mass is 473 g/mol. The first-order valence-corrected chi connectivity index (χ1v) is 11.7. The molecular weight excluding hydrogens is 436 g/mol. The van der Waals surface area contributed by atoms with Crippen molar-refractivity contribution in [2.24, 2.45) is 0 Å². The maximum absolute atomic E-state index is 12.1. The number of morpholine rings is 1. The molecule has 3 rings (SSSR count). The summed E-state index contributed by atoms with van der Waals surface area (Å²) in [7, 11) is 0. The van der Waals surface area contributed by atoms with Crippen LogP contribution in [0.15, 0.2) is 29.2 Å². The summed E-state index contributed by atoms with van der Waals surface area (Å²) in [5.41, 5.74) is -0.0248. The smallest absolute Gasteiger partial charge is 0.410 e. The Balaban J connectivity index is 0.00000118. The second-order valence-corrected chi connectivity index (χ2v) is 9.40. The first-order valence-electron chi connectivity index (χ1n) is 10.7. The molecule has 0 radical (unpaired) electrons. The van der Waals surface area contributed by atoms with E-state index >= 15 is 0 Å². The Morgan fingerprint density at radius 1 is 1.19 bits per heavy atom. The molecule has 3 N–H and O–H groups in total. The topological polar surface area (TPSA) is 132 Å². The Hall–Kier alpha value is -2.21. The van der Waals surface area contributed by atoms with E-state index in [1.807, 2.05) is 20.8 Å². The van der Waals surface area contributed by atoms with E-state index in [9.17, 15) is 18.4 Å². The molecule has 184 valence electrons. The van der Waals surface area contributed by atoms with Gasteiger partial charge in [-0.25, -0.2) is 9.59 Å². The molecule has 0 saturated carbocycles. The van der Waals surface area contributed by atoms with Gasteiger partial charge in [-0.05, 0) is 69.0 Å². The Morgan fingerprint density at radius 3 is 2.22 bits per heavy atom. The number of hydrogen-bond donors (Lipinski definition) is 3. The summed E-state index contributed by atoms with van der Waals surface area (Å²) < 4.78 is 32.0. The minimum Gasteiger partial charge on any atom is -0.768 e. The molecule has 1 aromatic rings. The summed E-state index contributed by atoms with van der Waals surface area (Å²) in [6, 6.07) is 5.47. The Kier molecular flexibility index (Phi) is 10.4. The van der Waals surface area contributed by atoms with Crippen LogP contribution in [0.1, 0.15) is 36.5 Å². The van der Waals surface area contributed by atoms with Crippen molar-refractivity contribution in [2.45, 2.75) is 50.2 Å². The molecule has 2 aliphatic heterocycles. The van der Waals surface area contributed by atoms with Gasteiger partial charge in [0.05, 0.1) is 13.2 Å². The highest BCUT2D eigenvalue weighted by Crippen LogP contribution is 2.16. The highest BCUT2D eigenvalue weighted by atomic mass is 32.2. The van der Waals surface area contributed by atoms with Crippen LogP contribution < -0.4 is 16.0 Å². The van der Waals surface area contributed by atoms with Crippen LogP contribution in [0.25, 0.3) is 0 Å². The SMILES string of the molecule is C1COCCN1.CC(C)(C)OC(=O)N1CCC(NC(=O)Nc2ccc(S(=O)[O-])cc2)CC1.[HH].[HH]. The van der Waals surface area contributed by atoms with Gasteiger partial charge in [-0.2, -0.15) is 0 Å². The Morgan fingerprint density at radius 2 is 1.78 bits per heavy atom. The van der Waals surface area contributed by atoms with Gasteiger partial charge >= 0.3 is 12.1 Å². The molecule has 0 aliphatic carbocycles. The van der Waals surface area contributed by atoms with Crippen LogP contribution >= 0.6 is 0 Å². The fourth-order valence-electron chi connectivity index (χ4n) is 3.05. The zero-order valence-electron chi connectivity index (χ0n) is 18.8. The number of ether oxygens (including phenoxy) is 2. The number of benzene rings is 1. The lowest BCUT2D eigenvalue weighted by Gasteiger charge is -2.33. The molecule has 1 unspecified atom stereocenters. The molecular formula is C21H37N4O6S-. The van der Waals surface area contributed by atoms with E-state index in [-0.39, 0.29) is 25.9 Å². The average molecular weight is 474 g/mol. The van der Waals surface area contributed by atoms with Gasteiger partial charge in [0, 0.05) is 45.7 Å². The van der Waals surface area contributed by atoms with Gasteiger partial charge in [0.1, 0.15) is 5.60 Å². The third kappa shape index (κ3) is 9.94. The Labute approximate surface area is 194 Å². The number of nitrogens with one attached hydrogen (secondary N) is 3. The molecule has 1 atom stereocenters. The third-order valence-corrected chi connectivity index (χ3v) is 5.29. The fraction of sp³-hybridized carbons (Fsp3) is 0.619. The zero-order valence-corrected chi connectivity index (χ0v) is 19.7. The highest BCUT2D eigenvalue weighted by Gasteiger charge is 2.27. The number of carbonyl (C=O) groups is 2. The summed E-state index contributed by atoms with van der Waals surface area (Å²) in [5, 5.41) is 8.69. The van der Waals surface area contributed by atoms with Crippen LogP contribution in [0, 0.1) is 0 Å². The van der Waals surface area contributed by atoms with E-state index in [0.717, 1.165) is 26.3 Å². The van der Waals surface area contributed by atoms with Gasteiger partial charge in [0.25, 0.3) is 0 Å². The van der Waals surface area contributed by atoms with E-state index < -0.39 is 16.7 Å². The first-order chi connectivity index (χ1) is 15.1. The van der Waals surface area contributed by atoms with Gasteiger partial charge in [0.2, 0.25) is 0 Å². The van der Waals surface area contributed by atoms with Crippen LogP contribution in [-0.4, -0.2) is 76.8 Å². The second kappa shape index (κ2) is 12.7. The molecule has 2 heterocycles. The lowest BCUT2D eigenvalue weighted by Crippen LogP contribution is -2.48. The number of amides is 3. The number of urea groups is 1. The number of carbonyl (C=O) groups excluding carboxylic acids is 2. The first kappa shape index (κ1) is 26.0. The summed E-state index contributed by atoms with van der Waals surface area (Å²) in [6.45, 7) is 10.3. The standard InChI is InChI=1S/C17H25N3O5S.C4H9NO.2H2/c1-17(2,3)25-16(22)20-10-8-13(9-11-20)19-15(21)18-12-4-6-14(7-5-12)26(23)24;1-3-6-4-2-5-1;;/h4-7,13H,8-11H2,1-3H3,(H,23,24)(H2,18,19,21);5H,1-4H2;2*1H/p-1. The number of rotatable bonds is 3.